The Kier molecular flexibility index (Phi) is 2.48. The van der Waals surface area contributed by atoms with Crippen molar-refractivity contribution in [1.82, 2.24) is 9.78 Å². The van der Waals surface area contributed by atoms with Crippen molar-refractivity contribution in [3.63, 3.8) is 0 Å². The third-order valence-electron chi connectivity index (χ3n) is 3.70. The third-order valence-corrected chi connectivity index (χ3v) is 3.70. The maximum atomic E-state index is 5.86. The number of rotatable bonds is 4. The lowest BCUT2D eigenvalue weighted by atomic mass is 9.95. The van der Waals surface area contributed by atoms with Gasteiger partial charge in [-0.05, 0) is 48.9 Å². The lowest BCUT2D eigenvalue weighted by Gasteiger charge is -2.15. The Morgan fingerprint density at radius 2 is 2.06 bits per heavy atom. The van der Waals surface area contributed by atoms with Crippen LogP contribution in [-0.2, 0) is 6.42 Å². The zero-order chi connectivity index (χ0) is 11.7. The topological polar surface area (TPSA) is 43.8 Å². The second kappa shape index (κ2) is 4.00. The molecule has 0 saturated heterocycles. The monoisotopic (exact) mass is 227 g/mol. The van der Waals surface area contributed by atoms with Crippen LogP contribution in [0.15, 0.2) is 42.7 Å². The molecule has 0 atom stereocenters. The Morgan fingerprint density at radius 1 is 1.24 bits per heavy atom. The molecule has 0 amide bonds. The molecule has 88 valence electrons. The maximum Gasteiger partial charge on any atom is 0.0677 e. The quantitative estimate of drug-likeness (QED) is 0.869. The molecular formula is C14H17N3. The first-order valence-corrected chi connectivity index (χ1v) is 6.11. The number of benzene rings is 1. The number of nitrogens with zero attached hydrogens (tertiary/aromatic N) is 2. The first kappa shape index (κ1) is 10.5. The van der Waals surface area contributed by atoms with Crippen LogP contribution < -0.4 is 5.73 Å². The highest BCUT2D eigenvalue weighted by Crippen LogP contribution is 2.47. The Bertz CT molecular complexity index is 498. The Balaban J connectivity index is 1.94. The standard InChI is InChI=1S/C14H17N3/c15-11-14(6-7-14)10-12-4-1-2-5-13(12)17-9-3-8-16-17/h1-5,8-9H,6-7,10-11,15H2. The van der Waals surface area contributed by atoms with Gasteiger partial charge in [0, 0.05) is 12.4 Å². The molecular weight excluding hydrogens is 210 g/mol. The predicted molar refractivity (Wildman–Crippen MR) is 68.0 cm³/mol. The van der Waals surface area contributed by atoms with Gasteiger partial charge in [0.15, 0.2) is 0 Å². The van der Waals surface area contributed by atoms with Gasteiger partial charge in [0.25, 0.3) is 0 Å². The third kappa shape index (κ3) is 1.98. The maximum absolute atomic E-state index is 5.86. The van der Waals surface area contributed by atoms with E-state index in [1.807, 2.05) is 23.1 Å². The Hall–Kier alpha value is -1.61. The average Bonchev–Trinajstić information content (AvgIpc) is 2.92. The van der Waals surface area contributed by atoms with Crippen molar-refractivity contribution in [2.45, 2.75) is 19.3 Å². The molecule has 0 aliphatic heterocycles. The van der Waals surface area contributed by atoms with Crippen molar-refractivity contribution in [3.05, 3.63) is 48.3 Å². The minimum atomic E-state index is 0.364. The van der Waals surface area contributed by atoms with Crippen molar-refractivity contribution in [2.24, 2.45) is 11.1 Å². The van der Waals surface area contributed by atoms with E-state index in [9.17, 15) is 0 Å². The van der Waals surface area contributed by atoms with Crippen LogP contribution in [0.1, 0.15) is 18.4 Å². The normalized spacial score (nSPS) is 17.0. The SMILES string of the molecule is NCC1(Cc2ccccc2-n2cccn2)CC1. The van der Waals surface area contributed by atoms with Crippen LogP contribution >= 0.6 is 0 Å². The lowest BCUT2D eigenvalue weighted by molar-refractivity contribution is 0.519. The van der Waals surface area contributed by atoms with Crippen LogP contribution in [0.5, 0.6) is 0 Å². The van der Waals surface area contributed by atoms with Crippen LogP contribution in [0.4, 0.5) is 0 Å². The van der Waals surface area contributed by atoms with Crippen molar-refractivity contribution >= 4 is 0 Å². The predicted octanol–water partition coefficient (Wildman–Crippen LogP) is 2.15. The van der Waals surface area contributed by atoms with Gasteiger partial charge >= 0.3 is 0 Å². The van der Waals surface area contributed by atoms with E-state index in [0.29, 0.717) is 5.41 Å². The van der Waals surface area contributed by atoms with E-state index in [0.717, 1.165) is 13.0 Å². The minimum Gasteiger partial charge on any atom is -0.330 e. The van der Waals surface area contributed by atoms with E-state index in [-0.39, 0.29) is 0 Å². The molecule has 1 fully saturated rings. The summed E-state index contributed by atoms with van der Waals surface area (Å²) < 4.78 is 1.93. The zero-order valence-electron chi connectivity index (χ0n) is 9.84. The highest BCUT2D eigenvalue weighted by atomic mass is 15.3. The van der Waals surface area contributed by atoms with Crippen LogP contribution in [-0.4, -0.2) is 16.3 Å². The van der Waals surface area contributed by atoms with E-state index in [1.165, 1.54) is 24.1 Å². The van der Waals surface area contributed by atoms with E-state index in [2.05, 4.69) is 29.4 Å². The number of hydrogen-bond donors (Lipinski definition) is 1. The molecule has 1 aromatic heterocycles. The summed E-state index contributed by atoms with van der Waals surface area (Å²) in [6.07, 6.45) is 7.39. The van der Waals surface area contributed by atoms with Crippen molar-refractivity contribution < 1.29 is 0 Å². The fourth-order valence-electron chi connectivity index (χ4n) is 2.33. The van der Waals surface area contributed by atoms with Gasteiger partial charge in [-0.3, -0.25) is 0 Å². The summed E-state index contributed by atoms with van der Waals surface area (Å²) in [4.78, 5) is 0. The summed E-state index contributed by atoms with van der Waals surface area (Å²) >= 11 is 0. The number of nitrogens with two attached hydrogens (primary N) is 1. The second-order valence-electron chi connectivity index (χ2n) is 4.96. The highest BCUT2D eigenvalue weighted by Gasteiger charge is 2.41. The van der Waals surface area contributed by atoms with Crippen LogP contribution in [0.25, 0.3) is 5.69 Å². The van der Waals surface area contributed by atoms with Crippen LogP contribution in [0, 0.1) is 5.41 Å². The molecule has 3 heteroatoms. The van der Waals surface area contributed by atoms with E-state index >= 15 is 0 Å². The summed E-state index contributed by atoms with van der Waals surface area (Å²) in [5, 5.41) is 4.31. The molecule has 0 radical (unpaired) electrons. The smallest absolute Gasteiger partial charge is 0.0677 e. The van der Waals surface area contributed by atoms with E-state index in [1.54, 1.807) is 0 Å². The second-order valence-corrected chi connectivity index (χ2v) is 4.96. The highest BCUT2D eigenvalue weighted by molar-refractivity contribution is 5.41. The molecule has 0 spiro atoms. The van der Waals surface area contributed by atoms with Gasteiger partial charge in [0.05, 0.1) is 5.69 Å². The number of aromatic nitrogens is 2. The molecule has 17 heavy (non-hydrogen) atoms. The van der Waals surface area contributed by atoms with Gasteiger partial charge in [-0.2, -0.15) is 5.10 Å². The number of para-hydroxylation sites is 1. The summed E-state index contributed by atoms with van der Waals surface area (Å²) in [6.45, 7) is 0.792. The molecule has 0 unspecified atom stereocenters. The summed E-state index contributed by atoms with van der Waals surface area (Å²) in [5.41, 5.74) is 8.75. The summed E-state index contributed by atoms with van der Waals surface area (Å²) in [7, 11) is 0. The summed E-state index contributed by atoms with van der Waals surface area (Å²) in [5.74, 6) is 0. The van der Waals surface area contributed by atoms with Gasteiger partial charge in [0.1, 0.15) is 0 Å². The van der Waals surface area contributed by atoms with Gasteiger partial charge in [-0.1, -0.05) is 18.2 Å². The molecule has 2 aromatic rings. The van der Waals surface area contributed by atoms with E-state index < -0.39 is 0 Å². The average molecular weight is 227 g/mol. The fraction of sp³-hybridized carbons (Fsp3) is 0.357. The molecule has 1 heterocycles. The minimum absolute atomic E-state index is 0.364. The van der Waals surface area contributed by atoms with Gasteiger partial charge in [0.2, 0.25) is 0 Å². The Labute approximate surface area is 101 Å². The Morgan fingerprint density at radius 3 is 2.71 bits per heavy atom. The van der Waals surface area contributed by atoms with Gasteiger partial charge < -0.3 is 5.73 Å². The molecule has 1 aliphatic carbocycles. The van der Waals surface area contributed by atoms with Gasteiger partial charge in [-0.15, -0.1) is 0 Å². The first-order chi connectivity index (χ1) is 8.33. The largest absolute Gasteiger partial charge is 0.330 e. The molecule has 3 rings (SSSR count). The summed E-state index contributed by atoms with van der Waals surface area (Å²) in [6, 6.07) is 10.4. The van der Waals surface area contributed by atoms with Crippen molar-refractivity contribution in [3.8, 4) is 5.69 Å². The molecule has 0 bridgehead atoms. The molecule has 1 aromatic carbocycles. The molecule has 1 saturated carbocycles. The lowest BCUT2D eigenvalue weighted by Crippen LogP contribution is -2.18. The first-order valence-electron chi connectivity index (χ1n) is 6.11. The van der Waals surface area contributed by atoms with E-state index in [4.69, 9.17) is 5.73 Å². The number of hydrogen-bond acceptors (Lipinski definition) is 2. The fourth-order valence-corrected chi connectivity index (χ4v) is 2.33. The molecule has 2 N–H and O–H groups in total. The molecule has 1 aliphatic rings. The van der Waals surface area contributed by atoms with Crippen LogP contribution in [0.2, 0.25) is 0 Å². The van der Waals surface area contributed by atoms with Crippen LogP contribution in [0.3, 0.4) is 0 Å². The van der Waals surface area contributed by atoms with Crippen molar-refractivity contribution in [2.75, 3.05) is 6.54 Å². The van der Waals surface area contributed by atoms with Crippen molar-refractivity contribution in [1.29, 1.82) is 0 Å². The zero-order valence-corrected chi connectivity index (χ0v) is 9.84. The van der Waals surface area contributed by atoms with Gasteiger partial charge in [-0.25, -0.2) is 4.68 Å². The molecule has 3 nitrogen and oxygen atoms in total.